The lowest BCUT2D eigenvalue weighted by molar-refractivity contribution is 0.0656. The highest BCUT2D eigenvalue weighted by atomic mass is 16.5. The lowest BCUT2D eigenvalue weighted by Gasteiger charge is -2.34. The van der Waals surface area contributed by atoms with Gasteiger partial charge in [-0.3, -0.25) is 4.68 Å². The van der Waals surface area contributed by atoms with Crippen LogP contribution in [0.1, 0.15) is 37.2 Å². The lowest BCUT2D eigenvalue weighted by atomic mass is 10.1. The topological polar surface area (TPSA) is 94.0 Å². The van der Waals surface area contributed by atoms with Crippen LogP contribution in [0.5, 0.6) is 0 Å². The SMILES string of the molecule is Cc1nn(C2CCOCC2)c(C)c1-c1cc(N2CCOC[C@H]2C)nc(-c2ccnc3[nH]ccc23)n1. The van der Waals surface area contributed by atoms with Crippen LogP contribution in [0.3, 0.4) is 0 Å². The molecule has 2 saturated heterocycles. The first-order valence-corrected chi connectivity index (χ1v) is 12.4. The number of hydrogen-bond donors (Lipinski definition) is 1. The summed E-state index contributed by atoms with van der Waals surface area (Å²) in [5.41, 5.74) is 5.91. The zero-order valence-electron chi connectivity index (χ0n) is 20.5. The van der Waals surface area contributed by atoms with E-state index < -0.39 is 0 Å². The summed E-state index contributed by atoms with van der Waals surface area (Å²) < 4.78 is 13.5. The van der Waals surface area contributed by atoms with E-state index in [1.165, 1.54) is 0 Å². The van der Waals surface area contributed by atoms with Gasteiger partial charge < -0.3 is 19.4 Å². The van der Waals surface area contributed by atoms with Crippen molar-refractivity contribution in [3.8, 4) is 22.6 Å². The van der Waals surface area contributed by atoms with E-state index in [-0.39, 0.29) is 6.04 Å². The van der Waals surface area contributed by atoms with Crippen LogP contribution in [-0.4, -0.2) is 68.7 Å². The van der Waals surface area contributed by atoms with Gasteiger partial charge in [0.05, 0.1) is 36.7 Å². The summed E-state index contributed by atoms with van der Waals surface area (Å²) in [4.78, 5) is 20.2. The molecule has 6 heterocycles. The molecule has 0 aliphatic carbocycles. The van der Waals surface area contributed by atoms with Gasteiger partial charge >= 0.3 is 0 Å². The molecule has 0 radical (unpaired) electrons. The maximum atomic E-state index is 5.70. The van der Waals surface area contributed by atoms with Crippen LogP contribution in [0.25, 0.3) is 33.7 Å². The molecule has 0 amide bonds. The van der Waals surface area contributed by atoms with Gasteiger partial charge in [0.1, 0.15) is 11.5 Å². The fraction of sp³-hybridized carbons (Fsp3) is 0.462. The number of fused-ring (bicyclic) bond motifs is 1. The second-order valence-corrected chi connectivity index (χ2v) is 9.48. The summed E-state index contributed by atoms with van der Waals surface area (Å²) in [5.74, 6) is 1.61. The van der Waals surface area contributed by atoms with E-state index in [9.17, 15) is 0 Å². The molecule has 1 N–H and O–H groups in total. The predicted molar refractivity (Wildman–Crippen MR) is 135 cm³/mol. The van der Waals surface area contributed by atoms with E-state index in [4.69, 9.17) is 24.5 Å². The molecule has 4 aromatic heterocycles. The van der Waals surface area contributed by atoms with Crippen LogP contribution in [0.15, 0.2) is 30.6 Å². The molecule has 2 aliphatic rings. The molecule has 1 atom stereocenters. The molecule has 0 spiro atoms. The molecule has 35 heavy (non-hydrogen) atoms. The predicted octanol–water partition coefficient (Wildman–Crippen LogP) is 4.08. The monoisotopic (exact) mass is 473 g/mol. The fourth-order valence-electron chi connectivity index (χ4n) is 5.37. The average molecular weight is 474 g/mol. The summed E-state index contributed by atoms with van der Waals surface area (Å²) in [6, 6.07) is 6.73. The third kappa shape index (κ3) is 3.98. The van der Waals surface area contributed by atoms with E-state index in [0.29, 0.717) is 25.1 Å². The molecular weight excluding hydrogens is 442 g/mol. The van der Waals surface area contributed by atoms with Crippen molar-refractivity contribution in [3.05, 3.63) is 42.0 Å². The van der Waals surface area contributed by atoms with Gasteiger partial charge in [0.2, 0.25) is 0 Å². The van der Waals surface area contributed by atoms with Gasteiger partial charge in [-0.15, -0.1) is 0 Å². The van der Waals surface area contributed by atoms with Gasteiger partial charge in [0.25, 0.3) is 0 Å². The van der Waals surface area contributed by atoms with E-state index in [1.807, 2.05) is 18.3 Å². The number of aryl methyl sites for hydroxylation is 1. The lowest BCUT2D eigenvalue weighted by Crippen LogP contribution is -2.44. The Kier molecular flexibility index (Phi) is 5.74. The zero-order chi connectivity index (χ0) is 23.9. The largest absolute Gasteiger partial charge is 0.381 e. The first kappa shape index (κ1) is 22.2. The highest BCUT2D eigenvalue weighted by Crippen LogP contribution is 2.35. The Morgan fingerprint density at radius 3 is 2.74 bits per heavy atom. The van der Waals surface area contributed by atoms with Crippen molar-refractivity contribution >= 4 is 16.9 Å². The minimum Gasteiger partial charge on any atom is -0.381 e. The van der Waals surface area contributed by atoms with Gasteiger partial charge in [0.15, 0.2) is 5.82 Å². The summed E-state index contributed by atoms with van der Waals surface area (Å²) in [7, 11) is 0. The number of rotatable bonds is 4. The number of H-pyrrole nitrogens is 1. The summed E-state index contributed by atoms with van der Waals surface area (Å²) in [6.45, 7) is 10.1. The molecule has 182 valence electrons. The van der Waals surface area contributed by atoms with Gasteiger partial charge in [-0.05, 0) is 45.7 Å². The molecule has 4 aromatic rings. The number of nitrogens with one attached hydrogen (secondary N) is 1. The van der Waals surface area contributed by atoms with E-state index in [1.54, 1.807) is 6.20 Å². The average Bonchev–Trinajstić information content (AvgIpc) is 3.48. The molecule has 0 bridgehead atoms. The molecule has 6 rings (SSSR count). The molecule has 2 aliphatic heterocycles. The zero-order valence-corrected chi connectivity index (χ0v) is 20.5. The van der Waals surface area contributed by atoms with Crippen LogP contribution >= 0.6 is 0 Å². The quantitative estimate of drug-likeness (QED) is 0.477. The van der Waals surface area contributed by atoms with Crippen LogP contribution in [0.2, 0.25) is 0 Å². The number of pyridine rings is 1. The van der Waals surface area contributed by atoms with Crippen molar-refractivity contribution < 1.29 is 9.47 Å². The second kappa shape index (κ2) is 9.05. The summed E-state index contributed by atoms with van der Waals surface area (Å²) in [5, 5.41) is 5.97. The Morgan fingerprint density at radius 1 is 1.06 bits per heavy atom. The Morgan fingerprint density at radius 2 is 1.91 bits per heavy atom. The molecule has 9 nitrogen and oxygen atoms in total. The van der Waals surface area contributed by atoms with Crippen LogP contribution in [-0.2, 0) is 9.47 Å². The Hall–Kier alpha value is -3.30. The van der Waals surface area contributed by atoms with E-state index >= 15 is 0 Å². The van der Waals surface area contributed by atoms with Crippen molar-refractivity contribution in [2.24, 2.45) is 0 Å². The summed E-state index contributed by atoms with van der Waals surface area (Å²) >= 11 is 0. The Labute approximate surface area is 204 Å². The first-order valence-electron chi connectivity index (χ1n) is 12.4. The third-order valence-electron chi connectivity index (χ3n) is 7.19. The van der Waals surface area contributed by atoms with Crippen LogP contribution in [0, 0.1) is 13.8 Å². The van der Waals surface area contributed by atoms with Crippen LogP contribution < -0.4 is 4.90 Å². The molecule has 0 unspecified atom stereocenters. The van der Waals surface area contributed by atoms with Gasteiger partial charge in [0, 0.05) is 60.4 Å². The number of aromatic amines is 1. The van der Waals surface area contributed by atoms with Gasteiger partial charge in [-0.2, -0.15) is 5.10 Å². The molecule has 0 aromatic carbocycles. The fourth-order valence-corrected chi connectivity index (χ4v) is 5.37. The maximum absolute atomic E-state index is 5.70. The third-order valence-corrected chi connectivity index (χ3v) is 7.19. The van der Waals surface area contributed by atoms with Gasteiger partial charge in [-0.25, -0.2) is 15.0 Å². The summed E-state index contributed by atoms with van der Waals surface area (Å²) in [6.07, 6.45) is 5.67. The minimum atomic E-state index is 0.233. The van der Waals surface area contributed by atoms with Crippen molar-refractivity contribution in [1.82, 2.24) is 29.7 Å². The smallest absolute Gasteiger partial charge is 0.162 e. The van der Waals surface area contributed by atoms with E-state index in [2.05, 4.69) is 46.4 Å². The minimum absolute atomic E-state index is 0.233. The number of hydrogen-bond acceptors (Lipinski definition) is 7. The number of nitrogens with zero attached hydrogens (tertiary/aromatic N) is 6. The standard InChI is InChI=1S/C26H31N7O2/c1-16-15-35-13-10-32(16)23-14-22(24-17(2)31-33(18(24)3)19-6-11-34-12-7-19)29-26(30-23)21-5-9-28-25-20(21)4-8-27-25/h4-5,8-9,14,16,19H,6-7,10-13,15H2,1-3H3,(H,27,28)/t16-/m1/s1. The number of aromatic nitrogens is 6. The number of ether oxygens (including phenoxy) is 2. The normalized spacial score (nSPS) is 19.5. The van der Waals surface area contributed by atoms with E-state index in [0.717, 1.165) is 77.7 Å². The highest BCUT2D eigenvalue weighted by molar-refractivity contribution is 5.91. The Balaban J connectivity index is 1.52. The second-order valence-electron chi connectivity index (χ2n) is 9.48. The van der Waals surface area contributed by atoms with Gasteiger partial charge in [-0.1, -0.05) is 0 Å². The van der Waals surface area contributed by atoms with Crippen molar-refractivity contribution in [3.63, 3.8) is 0 Å². The number of anilines is 1. The van der Waals surface area contributed by atoms with Crippen molar-refractivity contribution in [2.75, 3.05) is 37.9 Å². The Bertz CT molecular complexity index is 1360. The highest BCUT2D eigenvalue weighted by Gasteiger charge is 2.26. The van der Waals surface area contributed by atoms with Crippen molar-refractivity contribution in [2.45, 2.75) is 45.7 Å². The molecule has 2 fully saturated rings. The first-order chi connectivity index (χ1) is 17.1. The maximum Gasteiger partial charge on any atom is 0.162 e. The molecule has 0 saturated carbocycles. The molecule has 9 heteroatoms. The van der Waals surface area contributed by atoms with Crippen molar-refractivity contribution in [1.29, 1.82) is 0 Å². The van der Waals surface area contributed by atoms with Crippen LogP contribution in [0.4, 0.5) is 5.82 Å². The molecular formula is C26H31N7O2. The number of morpholine rings is 1.